The van der Waals surface area contributed by atoms with E-state index in [4.69, 9.17) is 4.74 Å². The number of carbonyl (C=O) groups is 2. The summed E-state index contributed by atoms with van der Waals surface area (Å²) in [6, 6.07) is 0.256. The van der Waals surface area contributed by atoms with Gasteiger partial charge in [-0.2, -0.15) is 0 Å². The molecule has 2 N–H and O–H groups in total. The fraction of sp³-hybridized carbons (Fsp3) is 0.846. The Labute approximate surface area is 109 Å². The van der Waals surface area contributed by atoms with E-state index in [2.05, 4.69) is 10.6 Å². The van der Waals surface area contributed by atoms with Gasteiger partial charge in [0.2, 0.25) is 11.8 Å². The van der Waals surface area contributed by atoms with Gasteiger partial charge in [-0.1, -0.05) is 25.7 Å². The standard InChI is InChI=1S/C13H24N2O3/c1-18-9-8-14-12(16)10-13(17)15-11-6-4-2-3-5-7-11/h11H,2-10H2,1H3,(H,14,16)(H,15,17). The molecule has 0 heterocycles. The first-order chi connectivity index (χ1) is 8.72. The second-order valence-corrected chi connectivity index (χ2v) is 4.78. The van der Waals surface area contributed by atoms with Crippen molar-refractivity contribution >= 4 is 11.8 Å². The van der Waals surface area contributed by atoms with Crippen LogP contribution in [0, 0.1) is 0 Å². The molecule has 0 aromatic carbocycles. The predicted molar refractivity (Wildman–Crippen MR) is 69.1 cm³/mol. The maximum Gasteiger partial charge on any atom is 0.229 e. The minimum Gasteiger partial charge on any atom is -0.383 e. The minimum atomic E-state index is -0.238. The van der Waals surface area contributed by atoms with Gasteiger partial charge in [-0.05, 0) is 12.8 Å². The summed E-state index contributed by atoms with van der Waals surface area (Å²) in [4.78, 5) is 23.1. The fourth-order valence-corrected chi connectivity index (χ4v) is 2.20. The lowest BCUT2D eigenvalue weighted by Crippen LogP contribution is -2.38. The molecule has 0 spiro atoms. The molecule has 5 heteroatoms. The van der Waals surface area contributed by atoms with Crippen molar-refractivity contribution in [3.8, 4) is 0 Å². The predicted octanol–water partition coefficient (Wildman–Crippen LogP) is 0.978. The number of hydrogen-bond acceptors (Lipinski definition) is 3. The molecule has 104 valence electrons. The SMILES string of the molecule is COCCNC(=O)CC(=O)NC1CCCCCC1. The number of ether oxygens (including phenoxy) is 1. The maximum atomic E-state index is 11.7. The van der Waals surface area contributed by atoms with Crippen LogP contribution in [-0.2, 0) is 14.3 Å². The van der Waals surface area contributed by atoms with E-state index in [1.54, 1.807) is 7.11 Å². The first kappa shape index (κ1) is 15.0. The Kier molecular flexibility index (Phi) is 7.41. The number of methoxy groups -OCH3 is 1. The molecule has 2 amide bonds. The summed E-state index contributed by atoms with van der Waals surface area (Å²) in [5, 5.41) is 5.59. The molecule has 1 saturated carbocycles. The Morgan fingerprint density at radius 2 is 1.78 bits per heavy atom. The Hall–Kier alpha value is -1.10. The smallest absolute Gasteiger partial charge is 0.229 e. The monoisotopic (exact) mass is 256 g/mol. The zero-order valence-corrected chi connectivity index (χ0v) is 11.2. The molecule has 0 atom stereocenters. The van der Waals surface area contributed by atoms with Gasteiger partial charge in [-0.3, -0.25) is 9.59 Å². The van der Waals surface area contributed by atoms with Crippen LogP contribution < -0.4 is 10.6 Å². The molecule has 0 bridgehead atoms. The van der Waals surface area contributed by atoms with Crippen molar-refractivity contribution < 1.29 is 14.3 Å². The number of carbonyl (C=O) groups excluding carboxylic acids is 2. The van der Waals surface area contributed by atoms with Crippen LogP contribution in [0.4, 0.5) is 0 Å². The van der Waals surface area contributed by atoms with E-state index < -0.39 is 0 Å². The Morgan fingerprint density at radius 3 is 2.39 bits per heavy atom. The van der Waals surface area contributed by atoms with Crippen molar-refractivity contribution in [3.05, 3.63) is 0 Å². The molecule has 0 aromatic rings. The number of nitrogens with one attached hydrogen (secondary N) is 2. The third kappa shape index (κ3) is 6.59. The van der Waals surface area contributed by atoms with Crippen molar-refractivity contribution in [1.29, 1.82) is 0 Å². The summed E-state index contributed by atoms with van der Waals surface area (Å²) in [6.07, 6.45) is 6.85. The van der Waals surface area contributed by atoms with Gasteiger partial charge in [0.1, 0.15) is 6.42 Å². The third-order valence-corrected chi connectivity index (χ3v) is 3.17. The van der Waals surface area contributed by atoms with Crippen LogP contribution in [0.25, 0.3) is 0 Å². The zero-order chi connectivity index (χ0) is 13.2. The number of rotatable bonds is 6. The van der Waals surface area contributed by atoms with E-state index in [-0.39, 0.29) is 24.3 Å². The molecule has 1 aliphatic carbocycles. The van der Waals surface area contributed by atoms with Gasteiger partial charge in [-0.25, -0.2) is 0 Å². The van der Waals surface area contributed by atoms with Crippen LogP contribution >= 0.6 is 0 Å². The highest BCUT2D eigenvalue weighted by atomic mass is 16.5. The average molecular weight is 256 g/mol. The van der Waals surface area contributed by atoms with Crippen LogP contribution in [0.15, 0.2) is 0 Å². The van der Waals surface area contributed by atoms with Gasteiger partial charge in [-0.15, -0.1) is 0 Å². The average Bonchev–Trinajstić information content (AvgIpc) is 2.57. The van der Waals surface area contributed by atoms with Crippen LogP contribution in [-0.4, -0.2) is 38.1 Å². The highest BCUT2D eigenvalue weighted by Crippen LogP contribution is 2.17. The highest BCUT2D eigenvalue weighted by Gasteiger charge is 2.16. The lowest BCUT2D eigenvalue weighted by molar-refractivity contribution is -0.129. The van der Waals surface area contributed by atoms with Gasteiger partial charge in [0.15, 0.2) is 0 Å². The third-order valence-electron chi connectivity index (χ3n) is 3.17. The van der Waals surface area contributed by atoms with Gasteiger partial charge in [0.05, 0.1) is 6.61 Å². The summed E-state index contributed by atoms with van der Waals surface area (Å²) in [5.41, 5.74) is 0. The molecular formula is C13H24N2O3. The molecule has 5 nitrogen and oxygen atoms in total. The Balaban J connectivity index is 2.17. The molecule has 1 aliphatic rings. The summed E-state index contributed by atoms with van der Waals surface area (Å²) >= 11 is 0. The lowest BCUT2D eigenvalue weighted by atomic mass is 10.1. The molecule has 0 aliphatic heterocycles. The fourth-order valence-electron chi connectivity index (χ4n) is 2.20. The molecule has 18 heavy (non-hydrogen) atoms. The van der Waals surface area contributed by atoms with Gasteiger partial charge in [0, 0.05) is 19.7 Å². The molecular weight excluding hydrogens is 232 g/mol. The molecule has 1 fully saturated rings. The normalized spacial score (nSPS) is 16.9. The van der Waals surface area contributed by atoms with Crippen LogP contribution in [0.3, 0.4) is 0 Å². The second-order valence-electron chi connectivity index (χ2n) is 4.78. The van der Waals surface area contributed by atoms with Crippen LogP contribution in [0.5, 0.6) is 0 Å². The van der Waals surface area contributed by atoms with Gasteiger partial charge >= 0.3 is 0 Å². The number of amides is 2. The summed E-state index contributed by atoms with van der Waals surface area (Å²) < 4.78 is 4.82. The molecule has 0 aromatic heterocycles. The van der Waals surface area contributed by atoms with E-state index in [1.807, 2.05) is 0 Å². The molecule has 0 unspecified atom stereocenters. The van der Waals surface area contributed by atoms with Crippen molar-refractivity contribution in [1.82, 2.24) is 10.6 Å². The highest BCUT2D eigenvalue weighted by molar-refractivity contribution is 5.96. The van der Waals surface area contributed by atoms with E-state index in [0.29, 0.717) is 13.2 Å². The van der Waals surface area contributed by atoms with Crippen molar-refractivity contribution in [2.45, 2.75) is 51.0 Å². The van der Waals surface area contributed by atoms with Crippen molar-refractivity contribution in [3.63, 3.8) is 0 Å². The molecule has 1 rings (SSSR count). The first-order valence-electron chi connectivity index (χ1n) is 6.77. The Morgan fingerprint density at radius 1 is 1.11 bits per heavy atom. The summed E-state index contributed by atoms with van der Waals surface area (Å²) in [5.74, 6) is -0.407. The Bertz CT molecular complexity index is 261. The topological polar surface area (TPSA) is 67.4 Å². The van der Waals surface area contributed by atoms with E-state index >= 15 is 0 Å². The van der Waals surface area contributed by atoms with E-state index in [9.17, 15) is 9.59 Å². The van der Waals surface area contributed by atoms with Crippen LogP contribution in [0.1, 0.15) is 44.9 Å². The van der Waals surface area contributed by atoms with E-state index in [1.165, 1.54) is 25.7 Å². The van der Waals surface area contributed by atoms with Gasteiger partial charge < -0.3 is 15.4 Å². The minimum absolute atomic E-state index is 0.0831. The number of hydrogen-bond donors (Lipinski definition) is 2. The summed E-state index contributed by atoms with van der Waals surface area (Å²) in [7, 11) is 1.57. The first-order valence-corrected chi connectivity index (χ1v) is 6.77. The zero-order valence-electron chi connectivity index (χ0n) is 11.2. The molecule has 0 saturated heterocycles. The molecule has 0 radical (unpaired) electrons. The quantitative estimate of drug-likeness (QED) is 0.423. The maximum absolute atomic E-state index is 11.7. The largest absolute Gasteiger partial charge is 0.383 e. The lowest BCUT2D eigenvalue weighted by Gasteiger charge is -2.15. The van der Waals surface area contributed by atoms with Gasteiger partial charge in [0.25, 0.3) is 0 Å². The van der Waals surface area contributed by atoms with Crippen molar-refractivity contribution in [2.75, 3.05) is 20.3 Å². The second kappa shape index (κ2) is 8.91. The van der Waals surface area contributed by atoms with Crippen LogP contribution in [0.2, 0.25) is 0 Å². The van der Waals surface area contributed by atoms with Crippen molar-refractivity contribution in [2.24, 2.45) is 0 Å². The summed E-state index contributed by atoms with van der Waals surface area (Å²) in [6.45, 7) is 0.919. The van der Waals surface area contributed by atoms with E-state index in [0.717, 1.165) is 12.8 Å².